The standard InChI is InChI=1S/C15H23N3O/c1-3-11(2)12-8-16-14(17-13(12)19)18-9-15(10-18)6-4-5-7-15/h8,11H,3-7,9-10H2,1-2H3,(H,16,17,19). The maximum Gasteiger partial charge on any atom is 0.255 e. The van der Waals surface area contributed by atoms with E-state index in [2.05, 4.69) is 28.7 Å². The molecule has 2 aliphatic rings. The Morgan fingerprint density at radius 2 is 2.11 bits per heavy atom. The van der Waals surface area contributed by atoms with Crippen LogP contribution in [-0.2, 0) is 0 Å². The molecule has 1 spiro atoms. The van der Waals surface area contributed by atoms with Gasteiger partial charge in [-0.05, 0) is 25.2 Å². The van der Waals surface area contributed by atoms with Crippen molar-refractivity contribution in [2.45, 2.75) is 51.9 Å². The van der Waals surface area contributed by atoms with E-state index in [9.17, 15) is 4.79 Å². The van der Waals surface area contributed by atoms with Crippen molar-refractivity contribution in [1.29, 1.82) is 0 Å². The minimum Gasteiger partial charge on any atom is -0.341 e. The van der Waals surface area contributed by atoms with E-state index in [0.29, 0.717) is 5.41 Å². The Morgan fingerprint density at radius 1 is 1.42 bits per heavy atom. The number of rotatable bonds is 3. The molecule has 4 nitrogen and oxygen atoms in total. The zero-order valence-corrected chi connectivity index (χ0v) is 11.9. The van der Waals surface area contributed by atoms with Gasteiger partial charge in [-0.25, -0.2) is 4.98 Å². The molecule has 1 N–H and O–H groups in total. The number of anilines is 1. The lowest BCUT2D eigenvalue weighted by Crippen LogP contribution is -2.56. The fourth-order valence-corrected chi connectivity index (χ4v) is 3.48. The molecular weight excluding hydrogens is 238 g/mol. The molecule has 2 fully saturated rings. The molecule has 1 aliphatic carbocycles. The Labute approximate surface area is 114 Å². The van der Waals surface area contributed by atoms with Crippen LogP contribution in [0.3, 0.4) is 0 Å². The number of nitrogens with one attached hydrogen (secondary N) is 1. The fraction of sp³-hybridized carbons (Fsp3) is 0.733. The number of H-pyrrole nitrogens is 1. The van der Waals surface area contributed by atoms with Gasteiger partial charge in [-0.15, -0.1) is 0 Å². The fourth-order valence-electron chi connectivity index (χ4n) is 3.48. The van der Waals surface area contributed by atoms with Gasteiger partial charge >= 0.3 is 0 Å². The Balaban J connectivity index is 1.73. The van der Waals surface area contributed by atoms with Crippen molar-refractivity contribution in [3.63, 3.8) is 0 Å². The van der Waals surface area contributed by atoms with Crippen molar-refractivity contribution in [2.24, 2.45) is 5.41 Å². The molecule has 1 unspecified atom stereocenters. The molecule has 19 heavy (non-hydrogen) atoms. The van der Waals surface area contributed by atoms with Crippen LogP contribution in [0.15, 0.2) is 11.0 Å². The van der Waals surface area contributed by atoms with Crippen LogP contribution in [-0.4, -0.2) is 23.1 Å². The summed E-state index contributed by atoms with van der Waals surface area (Å²) < 4.78 is 0. The number of nitrogens with zero attached hydrogens (tertiary/aromatic N) is 2. The molecular formula is C15H23N3O. The number of aromatic nitrogens is 2. The van der Waals surface area contributed by atoms with E-state index in [-0.39, 0.29) is 11.5 Å². The van der Waals surface area contributed by atoms with Gasteiger partial charge in [-0.3, -0.25) is 9.78 Å². The van der Waals surface area contributed by atoms with Crippen LogP contribution in [0.25, 0.3) is 0 Å². The van der Waals surface area contributed by atoms with E-state index in [0.717, 1.165) is 31.0 Å². The van der Waals surface area contributed by atoms with Crippen molar-refractivity contribution in [3.8, 4) is 0 Å². The lowest BCUT2D eigenvalue weighted by atomic mass is 9.78. The average Bonchev–Trinajstić information content (AvgIpc) is 2.85. The second-order valence-corrected chi connectivity index (χ2v) is 6.36. The van der Waals surface area contributed by atoms with Crippen molar-refractivity contribution < 1.29 is 0 Å². The van der Waals surface area contributed by atoms with Crippen LogP contribution < -0.4 is 10.5 Å². The summed E-state index contributed by atoms with van der Waals surface area (Å²) in [6.07, 6.45) is 8.16. The molecule has 1 atom stereocenters. The summed E-state index contributed by atoms with van der Waals surface area (Å²) in [7, 11) is 0. The summed E-state index contributed by atoms with van der Waals surface area (Å²) in [6, 6.07) is 0. The summed E-state index contributed by atoms with van der Waals surface area (Å²) in [5, 5.41) is 0. The molecule has 1 aromatic heterocycles. The minimum absolute atomic E-state index is 0.0340. The van der Waals surface area contributed by atoms with Crippen molar-refractivity contribution in [3.05, 3.63) is 22.1 Å². The predicted octanol–water partition coefficient (Wildman–Crippen LogP) is 2.66. The quantitative estimate of drug-likeness (QED) is 0.910. The van der Waals surface area contributed by atoms with Crippen molar-refractivity contribution in [2.75, 3.05) is 18.0 Å². The molecule has 104 valence electrons. The Morgan fingerprint density at radius 3 is 2.68 bits per heavy atom. The predicted molar refractivity (Wildman–Crippen MR) is 76.7 cm³/mol. The molecule has 0 aromatic carbocycles. The maximum absolute atomic E-state index is 12.1. The van der Waals surface area contributed by atoms with E-state index in [1.54, 1.807) is 6.20 Å². The molecule has 3 rings (SSSR count). The van der Waals surface area contributed by atoms with E-state index in [4.69, 9.17) is 0 Å². The highest BCUT2D eigenvalue weighted by atomic mass is 16.1. The Bertz CT molecular complexity index is 508. The summed E-state index contributed by atoms with van der Waals surface area (Å²) in [6.45, 7) is 6.30. The highest BCUT2D eigenvalue weighted by Gasteiger charge is 2.45. The summed E-state index contributed by atoms with van der Waals surface area (Å²) >= 11 is 0. The number of aromatic amines is 1. The molecule has 1 aromatic rings. The molecule has 1 saturated heterocycles. The second-order valence-electron chi connectivity index (χ2n) is 6.36. The van der Waals surface area contributed by atoms with Crippen LogP contribution in [0.4, 0.5) is 5.95 Å². The van der Waals surface area contributed by atoms with Gasteiger partial charge in [0.1, 0.15) is 0 Å². The molecule has 2 heterocycles. The van der Waals surface area contributed by atoms with Gasteiger partial charge in [0.2, 0.25) is 5.95 Å². The third-order valence-electron chi connectivity index (χ3n) is 4.97. The number of hydrogen-bond acceptors (Lipinski definition) is 3. The van der Waals surface area contributed by atoms with Gasteiger partial charge in [0.05, 0.1) is 0 Å². The first-order valence-corrected chi connectivity index (χ1v) is 7.48. The van der Waals surface area contributed by atoms with Crippen molar-refractivity contribution in [1.82, 2.24) is 9.97 Å². The van der Waals surface area contributed by atoms with E-state index in [1.807, 2.05) is 0 Å². The highest BCUT2D eigenvalue weighted by molar-refractivity contribution is 5.37. The molecule has 0 amide bonds. The van der Waals surface area contributed by atoms with Crippen LogP contribution >= 0.6 is 0 Å². The first-order chi connectivity index (χ1) is 9.13. The van der Waals surface area contributed by atoms with E-state index < -0.39 is 0 Å². The number of hydrogen-bond donors (Lipinski definition) is 1. The summed E-state index contributed by atoms with van der Waals surface area (Å²) in [5.74, 6) is 1.04. The molecule has 0 radical (unpaired) electrons. The monoisotopic (exact) mass is 261 g/mol. The Hall–Kier alpha value is -1.32. The third kappa shape index (κ3) is 2.17. The van der Waals surface area contributed by atoms with Gasteiger partial charge in [0.25, 0.3) is 5.56 Å². The maximum atomic E-state index is 12.1. The van der Waals surface area contributed by atoms with E-state index >= 15 is 0 Å². The van der Waals surface area contributed by atoms with Crippen LogP contribution in [0.5, 0.6) is 0 Å². The zero-order chi connectivity index (χ0) is 13.5. The van der Waals surface area contributed by atoms with Crippen LogP contribution in [0, 0.1) is 5.41 Å². The molecule has 1 saturated carbocycles. The van der Waals surface area contributed by atoms with Crippen LogP contribution in [0.2, 0.25) is 0 Å². The van der Waals surface area contributed by atoms with E-state index in [1.165, 1.54) is 25.7 Å². The largest absolute Gasteiger partial charge is 0.341 e. The first kappa shape index (κ1) is 12.7. The van der Waals surface area contributed by atoms with Crippen molar-refractivity contribution >= 4 is 5.95 Å². The normalized spacial score (nSPS) is 22.5. The topological polar surface area (TPSA) is 49.0 Å². The molecule has 0 bridgehead atoms. The highest BCUT2D eigenvalue weighted by Crippen LogP contribution is 2.46. The third-order valence-corrected chi connectivity index (χ3v) is 4.97. The summed E-state index contributed by atoms with van der Waals surface area (Å²) in [5.41, 5.74) is 1.38. The molecule has 1 aliphatic heterocycles. The van der Waals surface area contributed by atoms with Crippen LogP contribution in [0.1, 0.15) is 57.4 Å². The minimum atomic E-state index is 0.0340. The van der Waals surface area contributed by atoms with Gasteiger partial charge in [0, 0.05) is 30.3 Å². The lowest BCUT2D eigenvalue weighted by molar-refractivity contribution is 0.218. The molecule has 4 heteroatoms. The smallest absolute Gasteiger partial charge is 0.255 e. The lowest BCUT2D eigenvalue weighted by Gasteiger charge is -2.48. The van der Waals surface area contributed by atoms with Gasteiger partial charge in [0.15, 0.2) is 0 Å². The zero-order valence-electron chi connectivity index (χ0n) is 11.9. The van der Waals surface area contributed by atoms with Gasteiger partial charge in [-0.1, -0.05) is 26.7 Å². The Kier molecular flexibility index (Phi) is 3.11. The SMILES string of the molecule is CCC(C)c1cnc(N2CC3(CCCC3)C2)[nH]c1=O. The van der Waals surface area contributed by atoms with Gasteiger partial charge < -0.3 is 4.90 Å². The van der Waals surface area contributed by atoms with Gasteiger partial charge in [-0.2, -0.15) is 0 Å². The second kappa shape index (κ2) is 4.66. The average molecular weight is 261 g/mol. The summed E-state index contributed by atoms with van der Waals surface area (Å²) in [4.78, 5) is 21.7. The first-order valence-electron chi connectivity index (χ1n) is 7.48.